The number of halogens is 2. The molecule has 4 rings (SSSR count). The van der Waals surface area contributed by atoms with Gasteiger partial charge in [0.15, 0.2) is 0 Å². The molecule has 2 N–H and O–H groups in total. The van der Waals surface area contributed by atoms with E-state index in [1.165, 1.54) is 12.1 Å². The van der Waals surface area contributed by atoms with Gasteiger partial charge in [-0.1, -0.05) is 30.3 Å². The van der Waals surface area contributed by atoms with Crippen molar-refractivity contribution >= 4 is 11.8 Å². The molecule has 0 aliphatic carbocycles. The molecule has 2 aliphatic rings. The first-order valence-electron chi connectivity index (χ1n) is 11.6. The minimum absolute atomic E-state index is 0.00853. The van der Waals surface area contributed by atoms with Gasteiger partial charge in [0.1, 0.15) is 5.75 Å². The summed E-state index contributed by atoms with van der Waals surface area (Å²) in [4.78, 5) is 28.6. The molecule has 2 aromatic rings. The Morgan fingerprint density at radius 3 is 2.50 bits per heavy atom. The Bertz CT molecular complexity index is 1000. The molecule has 0 saturated carbocycles. The fraction of sp³-hybridized carbons (Fsp3) is 0.423. The van der Waals surface area contributed by atoms with Crippen LogP contribution in [0.25, 0.3) is 0 Å². The van der Waals surface area contributed by atoms with E-state index in [0.717, 1.165) is 56.6 Å². The lowest BCUT2D eigenvalue weighted by molar-refractivity contribution is -0.128. The predicted octanol–water partition coefficient (Wildman–Crippen LogP) is 3.84. The average molecular weight is 471 g/mol. The zero-order chi connectivity index (χ0) is 24.1. The topological polar surface area (TPSA) is 75.9 Å². The Labute approximate surface area is 198 Å². The quantitative estimate of drug-likeness (QED) is 0.604. The second-order valence-corrected chi connectivity index (χ2v) is 9.23. The van der Waals surface area contributed by atoms with Gasteiger partial charge in [0.2, 0.25) is 11.8 Å². The maximum absolute atomic E-state index is 12.7. The number of ether oxygens (including phenoxy) is 1. The van der Waals surface area contributed by atoms with Crippen LogP contribution in [0.15, 0.2) is 48.5 Å². The number of amides is 2. The number of nitrogens with zero attached hydrogens (tertiary/aromatic N) is 2. The second kappa shape index (κ2) is 10.5. The fourth-order valence-corrected chi connectivity index (χ4v) is 5.01. The molecule has 2 heterocycles. The number of hydrogen-bond donors (Lipinski definition) is 1. The molecule has 1 radical (unpaired) electrons. The number of likely N-dealkylation sites (tertiary alicyclic amines) is 2. The van der Waals surface area contributed by atoms with E-state index >= 15 is 0 Å². The van der Waals surface area contributed by atoms with Gasteiger partial charge in [-0.05, 0) is 80.1 Å². The van der Waals surface area contributed by atoms with Gasteiger partial charge in [-0.25, -0.2) is 0 Å². The summed E-state index contributed by atoms with van der Waals surface area (Å²) in [5.41, 5.74) is 7.78. The average Bonchev–Trinajstić information content (AvgIpc) is 3.10. The minimum atomic E-state index is -2.85. The first-order chi connectivity index (χ1) is 16.3. The molecule has 1 spiro atoms. The highest BCUT2D eigenvalue weighted by molar-refractivity contribution is 5.94. The summed E-state index contributed by atoms with van der Waals surface area (Å²) in [5.74, 6) is -0.150. The third-order valence-electron chi connectivity index (χ3n) is 6.88. The molecular weight excluding hydrogens is 440 g/mol. The van der Waals surface area contributed by atoms with Gasteiger partial charge >= 0.3 is 6.61 Å². The first-order valence-corrected chi connectivity index (χ1v) is 11.6. The molecule has 0 bridgehead atoms. The summed E-state index contributed by atoms with van der Waals surface area (Å²) in [6.07, 6.45) is 5.38. The molecule has 2 fully saturated rings. The van der Waals surface area contributed by atoms with E-state index in [2.05, 4.69) is 16.1 Å². The Kier molecular flexibility index (Phi) is 7.46. The Morgan fingerprint density at radius 2 is 1.82 bits per heavy atom. The highest BCUT2D eigenvalue weighted by atomic mass is 19.3. The highest BCUT2D eigenvalue weighted by Crippen LogP contribution is 2.41. The molecule has 2 amide bonds. The Morgan fingerprint density at radius 1 is 1.12 bits per heavy atom. The van der Waals surface area contributed by atoms with E-state index < -0.39 is 12.5 Å². The molecule has 2 aliphatic heterocycles. The SMILES string of the molecule is NC(=O)c1ccccc1[CH]CCN1CCC2(CC1)CC(=O)N(Cc1ccc(OC(F)F)cc1)C2. The van der Waals surface area contributed by atoms with Crippen molar-refractivity contribution in [2.24, 2.45) is 11.1 Å². The lowest BCUT2D eigenvalue weighted by atomic mass is 9.77. The van der Waals surface area contributed by atoms with E-state index in [1.807, 2.05) is 23.1 Å². The first kappa shape index (κ1) is 24.1. The molecular formula is C26H30F2N3O3. The molecule has 8 heteroatoms. The van der Waals surface area contributed by atoms with Crippen molar-refractivity contribution in [2.75, 3.05) is 26.2 Å². The summed E-state index contributed by atoms with van der Waals surface area (Å²) >= 11 is 0. The lowest BCUT2D eigenvalue weighted by Crippen LogP contribution is -2.41. The fourth-order valence-electron chi connectivity index (χ4n) is 5.01. The van der Waals surface area contributed by atoms with Crippen molar-refractivity contribution in [2.45, 2.75) is 38.8 Å². The van der Waals surface area contributed by atoms with Crippen molar-refractivity contribution in [3.05, 3.63) is 71.6 Å². The smallest absolute Gasteiger partial charge is 0.387 e. The van der Waals surface area contributed by atoms with Gasteiger partial charge in [0, 0.05) is 25.1 Å². The van der Waals surface area contributed by atoms with Crippen LogP contribution < -0.4 is 10.5 Å². The van der Waals surface area contributed by atoms with Crippen LogP contribution >= 0.6 is 0 Å². The summed E-state index contributed by atoms with van der Waals surface area (Å²) in [6, 6.07) is 13.8. The summed E-state index contributed by atoms with van der Waals surface area (Å²) in [7, 11) is 0. The van der Waals surface area contributed by atoms with E-state index in [1.54, 1.807) is 18.2 Å². The molecule has 0 unspecified atom stereocenters. The standard InChI is InChI=1S/C26H30F2N3O3/c27-25(28)34-21-9-7-19(8-10-21)17-31-18-26(16-23(31)32)11-14-30(15-12-26)13-3-5-20-4-1-2-6-22(20)24(29)33/h1-2,4-10,25H,3,11-18H2,(H2,29,33). The van der Waals surface area contributed by atoms with Crippen LogP contribution in [0, 0.1) is 11.8 Å². The number of rotatable bonds is 9. The van der Waals surface area contributed by atoms with Gasteiger partial charge < -0.3 is 20.3 Å². The molecule has 2 aromatic carbocycles. The number of alkyl halides is 2. The maximum Gasteiger partial charge on any atom is 0.387 e. The van der Waals surface area contributed by atoms with Crippen LogP contribution in [0.3, 0.4) is 0 Å². The van der Waals surface area contributed by atoms with E-state index in [9.17, 15) is 18.4 Å². The van der Waals surface area contributed by atoms with E-state index in [0.29, 0.717) is 18.5 Å². The van der Waals surface area contributed by atoms with E-state index in [-0.39, 0.29) is 17.1 Å². The summed E-state index contributed by atoms with van der Waals surface area (Å²) in [6.45, 7) is 1.13. The summed E-state index contributed by atoms with van der Waals surface area (Å²) in [5, 5.41) is 0. The molecule has 181 valence electrons. The number of carbonyl (C=O) groups excluding carboxylic acids is 2. The zero-order valence-corrected chi connectivity index (χ0v) is 19.1. The predicted molar refractivity (Wildman–Crippen MR) is 124 cm³/mol. The van der Waals surface area contributed by atoms with Gasteiger partial charge in [0.25, 0.3) is 0 Å². The number of carbonyl (C=O) groups is 2. The van der Waals surface area contributed by atoms with Crippen LogP contribution in [0.2, 0.25) is 0 Å². The number of benzene rings is 2. The highest BCUT2D eigenvalue weighted by Gasteiger charge is 2.44. The van der Waals surface area contributed by atoms with E-state index in [4.69, 9.17) is 5.73 Å². The minimum Gasteiger partial charge on any atom is -0.435 e. The van der Waals surface area contributed by atoms with Crippen LogP contribution in [-0.2, 0) is 11.3 Å². The molecule has 0 aromatic heterocycles. The maximum atomic E-state index is 12.7. The lowest BCUT2D eigenvalue weighted by Gasteiger charge is -2.38. The van der Waals surface area contributed by atoms with Crippen molar-refractivity contribution in [1.29, 1.82) is 0 Å². The van der Waals surface area contributed by atoms with Crippen molar-refractivity contribution < 1.29 is 23.1 Å². The van der Waals surface area contributed by atoms with Gasteiger partial charge in [-0.15, -0.1) is 0 Å². The number of piperidine rings is 1. The Hall–Kier alpha value is -3.00. The summed E-state index contributed by atoms with van der Waals surface area (Å²) < 4.78 is 29.0. The van der Waals surface area contributed by atoms with Crippen molar-refractivity contribution in [3.8, 4) is 5.75 Å². The zero-order valence-electron chi connectivity index (χ0n) is 19.1. The van der Waals surface area contributed by atoms with Gasteiger partial charge in [-0.2, -0.15) is 8.78 Å². The Balaban J connectivity index is 1.24. The van der Waals surface area contributed by atoms with Crippen molar-refractivity contribution in [1.82, 2.24) is 9.80 Å². The number of hydrogen-bond acceptors (Lipinski definition) is 4. The molecule has 6 nitrogen and oxygen atoms in total. The van der Waals surface area contributed by atoms with Crippen LogP contribution in [0.5, 0.6) is 5.75 Å². The molecule has 34 heavy (non-hydrogen) atoms. The van der Waals surface area contributed by atoms with Crippen LogP contribution in [-0.4, -0.2) is 54.4 Å². The monoisotopic (exact) mass is 470 g/mol. The number of primary amides is 1. The number of nitrogens with two attached hydrogens (primary N) is 1. The third kappa shape index (κ3) is 5.91. The van der Waals surface area contributed by atoms with Crippen molar-refractivity contribution in [3.63, 3.8) is 0 Å². The van der Waals surface area contributed by atoms with Crippen LogP contribution in [0.1, 0.15) is 47.2 Å². The molecule has 2 saturated heterocycles. The largest absolute Gasteiger partial charge is 0.435 e. The normalized spacial score (nSPS) is 18.1. The third-order valence-corrected chi connectivity index (χ3v) is 6.88. The molecule has 0 atom stereocenters. The second-order valence-electron chi connectivity index (χ2n) is 9.23. The van der Waals surface area contributed by atoms with Gasteiger partial charge in [-0.3, -0.25) is 9.59 Å². The van der Waals surface area contributed by atoms with Gasteiger partial charge in [0.05, 0.1) is 0 Å². The van der Waals surface area contributed by atoms with Crippen LogP contribution in [0.4, 0.5) is 8.78 Å².